The lowest BCUT2D eigenvalue weighted by Crippen LogP contribution is -2.52. The van der Waals surface area contributed by atoms with Gasteiger partial charge in [0.25, 0.3) is 0 Å². The molecule has 1 atom stereocenters. The number of benzene rings is 1. The van der Waals surface area contributed by atoms with E-state index < -0.39 is 6.04 Å². The molecule has 1 aliphatic rings. The first kappa shape index (κ1) is 23.4. The number of nitrogens with zero attached hydrogens (tertiary/aromatic N) is 2. The van der Waals surface area contributed by atoms with E-state index in [2.05, 4.69) is 50.8 Å². The number of piperazine rings is 1. The molecule has 6 heteroatoms. The normalized spacial score (nSPS) is 16.8. The first-order chi connectivity index (χ1) is 13.8. The van der Waals surface area contributed by atoms with Crippen molar-refractivity contribution in [2.45, 2.75) is 46.7 Å². The molecular weight excluding hydrogens is 364 g/mol. The van der Waals surface area contributed by atoms with Crippen molar-refractivity contribution in [2.75, 3.05) is 39.3 Å². The number of rotatable bonds is 10. The van der Waals surface area contributed by atoms with Crippen LogP contribution in [0.15, 0.2) is 30.3 Å². The fourth-order valence-corrected chi connectivity index (χ4v) is 3.60. The summed E-state index contributed by atoms with van der Waals surface area (Å²) < 4.78 is 0. The van der Waals surface area contributed by atoms with Crippen LogP contribution >= 0.6 is 0 Å². The summed E-state index contributed by atoms with van der Waals surface area (Å²) in [6, 6.07) is 10.1. The van der Waals surface area contributed by atoms with Crippen LogP contribution in [0.2, 0.25) is 0 Å². The van der Waals surface area contributed by atoms with E-state index in [-0.39, 0.29) is 23.7 Å². The SMILES string of the molecule is CC(C)CC(=O)NC(C(=O)NCCN1CCN(Cc2ccccc2)CC1)C(C)C. The minimum Gasteiger partial charge on any atom is -0.353 e. The average molecular weight is 403 g/mol. The van der Waals surface area contributed by atoms with Crippen LogP contribution in [0.4, 0.5) is 0 Å². The third kappa shape index (κ3) is 8.54. The maximum Gasteiger partial charge on any atom is 0.242 e. The van der Waals surface area contributed by atoms with Gasteiger partial charge in [-0.25, -0.2) is 0 Å². The monoisotopic (exact) mass is 402 g/mol. The van der Waals surface area contributed by atoms with Crippen molar-refractivity contribution in [3.8, 4) is 0 Å². The highest BCUT2D eigenvalue weighted by molar-refractivity contribution is 5.87. The maximum atomic E-state index is 12.6. The average Bonchev–Trinajstić information content (AvgIpc) is 2.67. The second-order valence-corrected chi connectivity index (χ2v) is 8.78. The predicted octanol–water partition coefficient (Wildman–Crippen LogP) is 2.11. The molecule has 0 saturated carbocycles. The highest BCUT2D eigenvalue weighted by Crippen LogP contribution is 2.08. The highest BCUT2D eigenvalue weighted by Gasteiger charge is 2.24. The van der Waals surface area contributed by atoms with Gasteiger partial charge in [0.05, 0.1) is 0 Å². The number of hydrogen-bond acceptors (Lipinski definition) is 4. The van der Waals surface area contributed by atoms with E-state index in [1.165, 1.54) is 5.56 Å². The van der Waals surface area contributed by atoms with Crippen molar-refractivity contribution in [3.63, 3.8) is 0 Å². The summed E-state index contributed by atoms with van der Waals surface area (Å²) in [7, 11) is 0. The lowest BCUT2D eigenvalue weighted by molar-refractivity contribution is -0.130. The Balaban J connectivity index is 1.68. The van der Waals surface area contributed by atoms with E-state index in [1.54, 1.807) is 0 Å². The molecule has 1 aromatic rings. The Kier molecular flexibility index (Phi) is 9.61. The molecule has 2 amide bonds. The predicted molar refractivity (Wildman–Crippen MR) is 117 cm³/mol. The minimum absolute atomic E-state index is 0.0524. The molecule has 0 bridgehead atoms. The van der Waals surface area contributed by atoms with Crippen LogP contribution in [0.1, 0.15) is 39.7 Å². The Morgan fingerprint density at radius 2 is 1.59 bits per heavy atom. The van der Waals surface area contributed by atoms with Crippen LogP contribution in [-0.4, -0.2) is 66.9 Å². The van der Waals surface area contributed by atoms with Gasteiger partial charge in [0.2, 0.25) is 11.8 Å². The summed E-state index contributed by atoms with van der Waals surface area (Å²) in [4.78, 5) is 29.5. The minimum atomic E-state index is -0.469. The second-order valence-electron chi connectivity index (χ2n) is 8.78. The lowest BCUT2D eigenvalue weighted by atomic mass is 10.0. The van der Waals surface area contributed by atoms with E-state index in [0.29, 0.717) is 13.0 Å². The topological polar surface area (TPSA) is 64.7 Å². The van der Waals surface area contributed by atoms with E-state index >= 15 is 0 Å². The van der Waals surface area contributed by atoms with Crippen LogP contribution in [0.5, 0.6) is 0 Å². The zero-order valence-electron chi connectivity index (χ0n) is 18.5. The van der Waals surface area contributed by atoms with E-state index in [4.69, 9.17) is 0 Å². The third-order valence-electron chi connectivity index (χ3n) is 5.30. The van der Waals surface area contributed by atoms with Crippen molar-refractivity contribution in [1.82, 2.24) is 20.4 Å². The number of hydrogen-bond donors (Lipinski definition) is 2. The largest absolute Gasteiger partial charge is 0.353 e. The van der Waals surface area contributed by atoms with Crippen molar-refractivity contribution in [1.29, 1.82) is 0 Å². The molecule has 6 nitrogen and oxygen atoms in total. The van der Waals surface area contributed by atoms with Crippen molar-refractivity contribution in [3.05, 3.63) is 35.9 Å². The summed E-state index contributed by atoms with van der Waals surface area (Å²) >= 11 is 0. The fourth-order valence-electron chi connectivity index (χ4n) is 3.60. The first-order valence-electron chi connectivity index (χ1n) is 10.9. The maximum absolute atomic E-state index is 12.6. The molecule has 1 fully saturated rings. The molecule has 162 valence electrons. The summed E-state index contributed by atoms with van der Waals surface area (Å²) in [5.41, 5.74) is 1.35. The number of carbonyl (C=O) groups excluding carboxylic acids is 2. The second kappa shape index (κ2) is 11.9. The van der Waals surface area contributed by atoms with E-state index in [0.717, 1.165) is 39.3 Å². The quantitative estimate of drug-likeness (QED) is 0.629. The van der Waals surface area contributed by atoms with Gasteiger partial charge in [0.15, 0.2) is 0 Å². The molecule has 0 aliphatic carbocycles. The summed E-state index contributed by atoms with van der Waals surface area (Å²) in [6.07, 6.45) is 0.448. The van der Waals surface area contributed by atoms with Gasteiger partial charge >= 0.3 is 0 Å². The van der Waals surface area contributed by atoms with E-state index in [9.17, 15) is 9.59 Å². The summed E-state index contributed by atoms with van der Waals surface area (Å²) in [5, 5.41) is 5.91. The fraction of sp³-hybridized carbons (Fsp3) is 0.652. The van der Waals surface area contributed by atoms with Crippen LogP contribution in [0.3, 0.4) is 0 Å². The van der Waals surface area contributed by atoms with Crippen molar-refractivity contribution in [2.24, 2.45) is 11.8 Å². The summed E-state index contributed by atoms with van der Waals surface area (Å²) in [6.45, 7) is 14.5. The Morgan fingerprint density at radius 3 is 2.17 bits per heavy atom. The van der Waals surface area contributed by atoms with Crippen molar-refractivity contribution < 1.29 is 9.59 Å². The van der Waals surface area contributed by atoms with Gasteiger partial charge in [-0.3, -0.25) is 19.4 Å². The Morgan fingerprint density at radius 1 is 0.966 bits per heavy atom. The Bertz CT molecular complexity index is 625. The Hall–Kier alpha value is -1.92. The van der Waals surface area contributed by atoms with Crippen molar-refractivity contribution >= 4 is 11.8 Å². The van der Waals surface area contributed by atoms with Gasteiger partial charge in [-0.2, -0.15) is 0 Å². The van der Waals surface area contributed by atoms with Gasteiger partial charge in [0, 0.05) is 52.2 Å². The summed E-state index contributed by atoms with van der Waals surface area (Å²) in [5.74, 6) is 0.210. The van der Waals surface area contributed by atoms with Crippen LogP contribution < -0.4 is 10.6 Å². The standard InChI is InChI=1S/C23H38N4O2/c1-18(2)16-21(28)25-22(19(3)4)23(29)24-10-11-26-12-14-27(15-13-26)17-20-8-6-5-7-9-20/h5-9,18-19,22H,10-17H2,1-4H3,(H,24,29)(H,25,28). The highest BCUT2D eigenvalue weighted by atomic mass is 16.2. The molecule has 0 aromatic heterocycles. The molecule has 29 heavy (non-hydrogen) atoms. The molecule has 2 rings (SSSR count). The molecule has 2 N–H and O–H groups in total. The van der Waals surface area contributed by atoms with Crippen LogP contribution in [0, 0.1) is 11.8 Å². The molecule has 1 heterocycles. The van der Waals surface area contributed by atoms with Crippen LogP contribution in [0.25, 0.3) is 0 Å². The Labute approximate surface area is 176 Å². The molecule has 1 unspecified atom stereocenters. The zero-order valence-corrected chi connectivity index (χ0v) is 18.5. The molecule has 0 radical (unpaired) electrons. The molecule has 0 spiro atoms. The molecular formula is C23H38N4O2. The van der Waals surface area contributed by atoms with Gasteiger partial charge in [-0.1, -0.05) is 58.0 Å². The van der Waals surface area contributed by atoms with E-state index in [1.807, 2.05) is 27.7 Å². The lowest BCUT2D eigenvalue weighted by Gasteiger charge is -2.34. The number of nitrogens with one attached hydrogen (secondary N) is 2. The smallest absolute Gasteiger partial charge is 0.242 e. The van der Waals surface area contributed by atoms with Crippen LogP contribution in [-0.2, 0) is 16.1 Å². The first-order valence-corrected chi connectivity index (χ1v) is 10.9. The zero-order chi connectivity index (χ0) is 21.2. The van der Waals surface area contributed by atoms with Gasteiger partial charge in [-0.15, -0.1) is 0 Å². The third-order valence-corrected chi connectivity index (χ3v) is 5.30. The molecule has 1 aromatic carbocycles. The van der Waals surface area contributed by atoms with Gasteiger partial charge < -0.3 is 10.6 Å². The number of amides is 2. The molecule has 1 aliphatic heterocycles. The number of carbonyl (C=O) groups is 2. The molecule has 1 saturated heterocycles. The van der Waals surface area contributed by atoms with Gasteiger partial charge in [-0.05, 0) is 17.4 Å². The van der Waals surface area contributed by atoms with Gasteiger partial charge in [0.1, 0.15) is 6.04 Å².